The number of rotatable bonds is 6. The third-order valence-corrected chi connectivity index (χ3v) is 6.14. The summed E-state index contributed by atoms with van der Waals surface area (Å²) in [7, 11) is 0. The summed E-state index contributed by atoms with van der Waals surface area (Å²) in [6.07, 6.45) is 11.6. The van der Waals surface area contributed by atoms with Crippen LogP contribution in [0.4, 0.5) is 4.79 Å². The molecule has 1 aliphatic carbocycles. The Morgan fingerprint density at radius 1 is 1.07 bits per heavy atom. The van der Waals surface area contributed by atoms with Gasteiger partial charge in [0.25, 0.3) is 0 Å². The first-order valence-corrected chi connectivity index (χ1v) is 10.8. The monoisotopic (exact) mass is 380 g/mol. The maximum absolute atomic E-state index is 12.4. The van der Waals surface area contributed by atoms with E-state index in [4.69, 9.17) is 0 Å². The first-order chi connectivity index (χ1) is 13.8. The van der Waals surface area contributed by atoms with Crippen molar-refractivity contribution in [3.05, 3.63) is 47.7 Å². The van der Waals surface area contributed by atoms with Gasteiger partial charge in [-0.15, -0.1) is 0 Å². The lowest BCUT2D eigenvalue weighted by atomic mass is 9.97. The predicted molar refractivity (Wildman–Crippen MR) is 115 cm³/mol. The Labute approximate surface area is 167 Å². The van der Waals surface area contributed by atoms with Crippen LogP contribution in [-0.2, 0) is 6.42 Å². The van der Waals surface area contributed by atoms with Crippen molar-refractivity contribution < 1.29 is 4.79 Å². The van der Waals surface area contributed by atoms with Crippen molar-refractivity contribution >= 4 is 16.9 Å². The quantitative estimate of drug-likeness (QED) is 0.746. The lowest BCUT2D eigenvalue weighted by Gasteiger charge is -2.34. The van der Waals surface area contributed by atoms with Crippen LogP contribution < -0.4 is 5.32 Å². The molecule has 0 spiro atoms. The molecule has 2 aromatic rings. The van der Waals surface area contributed by atoms with Gasteiger partial charge in [-0.2, -0.15) is 0 Å². The fourth-order valence-electron chi connectivity index (χ4n) is 4.37. The number of H-pyrrole nitrogens is 1. The van der Waals surface area contributed by atoms with E-state index >= 15 is 0 Å². The van der Waals surface area contributed by atoms with Crippen molar-refractivity contribution in [2.24, 2.45) is 0 Å². The van der Waals surface area contributed by atoms with Gasteiger partial charge in [-0.05, 0) is 50.2 Å². The number of nitrogens with zero attached hydrogens (tertiary/aromatic N) is 2. The van der Waals surface area contributed by atoms with E-state index in [-0.39, 0.29) is 6.03 Å². The van der Waals surface area contributed by atoms with Crippen LogP contribution in [0.1, 0.15) is 37.7 Å². The van der Waals surface area contributed by atoms with Crippen molar-refractivity contribution in [1.82, 2.24) is 20.1 Å². The fourth-order valence-corrected chi connectivity index (χ4v) is 4.37. The molecular formula is C23H32N4O. The number of allylic oxidation sites excluding steroid dienone is 1. The minimum absolute atomic E-state index is 0.104. The van der Waals surface area contributed by atoms with Crippen LogP contribution in [0.3, 0.4) is 0 Å². The van der Waals surface area contributed by atoms with Gasteiger partial charge in [0, 0.05) is 56.4 Å². The van der Waals surface area contributed by atoms with Gasteiger partial charge in [0.15, 0.2) is 0 Å². The van der Waals surface area contributed by atoms with Crippen LogP contribution in [0.15, 0.2) is 42.1 Å². The average Bonchev–Trinajstić information content (AvgIpc) is 3.16. The molecule has 0 atom stereocenters. The van der Waals surface area contributed by atoms with E-state index in [1.54, 1.807) is 0 Å². The van der Waals surface area contributed by atoms with Crippen LogP contribution in [0.2, 0.25) is 0 Å². The summed E-state index contributed by atoms with van der Waals surface area (Å²) < 4.78 is 0. The second-order valence-electron chi connectivity index (χ2n) is 8.03. The number of piperazine rings is 1. The van der Waals surface area contributed by atoms with E-state index in [9.17, 15) is 4.79 Å². The molecule has 28 heavy (non-hydrogen) atoms. The maximum atomic E-state index is 12.4. The number of benzene rings is 1. The molecule has 150 valence electrons. The third kappa shape index (κ3) is 4.76. The van der Waals surface area contributed by atoms with Crippen molar-refractivity contribution in [2.45, 2.75) is 38.5 Å². The third-order valence-electron chi connectivity index (χ3n) is 6.14. The van der Waals surface area contributed by atoms with E-state index < -0.39 is 0 Å². The molecule has 2 aliphatic rings. The number of amides is 2. The highest BCUT2D eigenvalue weighted by atomic mass is 16.2. The summed E-state index contributed by atoms with van der Waals surface area (Å²) in [5.74, 6) is 0. The lowest BCUT2D eigenvalue weighted by molar-refractivity contribution is 0.140. The molecule has 1 fully saturated rings. The number of carbonyl (C=O) groups is 1. The van der Waals surface area contributed by atoms with Gasteiger partial charge >= 0.3 is 6.03 Å². The standard InChI is InChI=1S/C23H32N4O/c28-23(24-12-10-19-6-2-1-3-7-19)27-16-14-26(15-17-27)13-11-20-18-25-22-9-5-4-8-21(20)22/h4-6,8-9,18,25H,1-3,7,10-17H2,(H,24,28). The molecule has 5 nitrogen and oxygen atoms in total. The number of aromatic nitrogens is 1. The first-order valence-electron chi connectivity index (χ1n) is 10.8. The van der Waals surface area contributed by atoms with E-state index in [1.807, 2.05) is 4.90 Å². The van der Waals surface area contributed by atoms with Gasteiger partial charge in [-0.25, -0.2) is 4.79 Å². The number of aromatic amines is 1. The zero-order valence-electron chi connectivity index (χ0n) is 16.8. The number of hydrogen-bond acceptors (Lipinski definition) is 2. The van der Waals surface area contributed by atoms with E-state index in [1.165, 1.54) is 47.7 Å². The van der Waals surface area contributed by atoms with E-state index in [2.05, 4.69) is 51.7 Å². The Morgan fingerprint density at radius 2 is 1.93 bits per heavy atom. The molecule has 0 radical (unpaired) electrons. The van der Waals surface area contributed by atoms with Gasteiger partial charge in [0.2, 0.25) is 0 Å². The zero-order valence-corrected chi connectivity index (χ0v) is 16.8. The SMILES string of the molecule is O=C(NCCC1=CCCCC1)N1CCN(CCc2c[nH]c3ccccc23)CC1. The minimum atomic E-state index is 0.104. The van der Waals surface area contributed by atoms with Crippen molar-refractivity contribution in [3.63, 3.8) is 0 Å². The van der Waals surface area contributed by atoms with Gasteiger partial charge < -0.3 is 15.2 Å². The fraction of sp³-hybridized carbons (Fsp3) is 0.522. The van der Waals surface area contributed by atoms with Crippen LogP contribution in [-0.4, -0.2) is 60.1 Å². The van der Waals surface area contributed by atoms with Crippen molar-refractivity contribution in [3.8, 4) is 0 Å². The van der Waals surface area contributed by atoms with Gasteiger partial charge in [0.1, 0.15) is 0 Å². The Bertz CT molecular complexity index is 817. The first kappa shape index (κ1) is 19.1. The number of fused-ring (bicyclic) bond motifs is 1. The van der Waals surface area contributed by atoms with Crippen LogP contribution >= 0.6 is 0 Å². The van der Waals surface area contributed by atoms with Gasteiger partial charge in [-0.1, -0.05) is 29.8 Å². The second kappa shape index (κ2) is 9.28. The molecule has 2 amide bonds. The number of nitrogens with one attached hydrogen (secondary N) is 2. The molecular weight excluding hydrogens is 348 g/mol. The van der Waals surface area contributed by atoms with Crippen molar-refractivity contribution in [1.29, 1.82) is 0 Å². The molecule has 0 unspecified atom stereocenters. The van der Waals surface area contributed by atoms with E-state index in [0.29, 0.717) is 0 Å². The Hall–Kier alpha value is -2.27. The summed E-state index contributed by atoms with van der Waals surface area (Å²) in [5.41, 5.74) is 4.12. The molecule has 1 aromatic carbocycles. The molecule has 2 heterocycles. The number of urea groups is 1. The topological polar surface area (TPSA) is 51.4 Å². The Balaban J connectivity index is 1.17. The van der Waals surface area contributed by atoms with Gasteiger partial charge in [-0.3, -0.25) is 4.90 Å². The molecule has 1 aromatic heterocycles. The second-order valence-corrected chi connectivity index (χ2v) is 8.03. The Morgan fingerprint density at radius 3 is 2.75 bits per heavy atom. The highest BCUT2D eigenvalue weighted by molar-refractivity contribution is 5.83. The molecule has 4 rings (SSSR count). The predicted octanol–water partition coefficient (Wildman–Crippen LogP) is 3.93. The molecule has 5 heteroatoms. The van der Waals surface area contributed by atoms with Crippen LogP contribution in [0, 0.1) is 0 Å². The smallest absolute Gasteiger partial charge is 0.317 e. The summed E-state index contributed by atoms with van der Waals surface area (Å²) in [5, 5.41) is 4.44. The molecule has 2 N–H and O–H groups in total. The number of para-hydroxylation sites is 1. The lowest BCUT2D eigenvalue weighted by Crippen LogP contribution is -2.52. The highest BCUT2D eigenvalue weighted by Crippen LogP contribution is 2.20. The normalized spacial score (nSPS) is 18.3. The summed E-state index contributed by atoms with van der Waals surface area (Å²) in [6.45, 7) is 5.38. The number of carbonyl (C=O) groups excluding carboxylic acids is 1. The largest absolute Gasteiger partial charge is 0.361 e. The number of hydrogen-bond donors (Lipinski definition) is 2. The molecule has 0 saturated carbocycles. The van der Waals surface area contributed by atoms with Gasteiger partial charge in [0.05, 0.1) is 0 Å². The van der Waals surface area contributed by atoms with Crippen LogP contribution in [0.25, 0.3) is 10.9 Å². The molecule has 1 aliphatic heterocycles. The molecule has 0 bridgehead atoms. The van der Waals surface area contributed by atoms with E-state index in [0.717, 1.165) is 52.1 Å². The maximum Gasteiger partial charge on any atom is 0.317 e. The minimum Gasteiger partial charge on any atom is -0.361 e. The average molecular weight is 381 g/mol. The highest BCUT2D eigenvalue weighted by Gasteiger charge is 2.21. The Kier molecular flexibility index (Phi) is 6.32. The van der Waals surface area contributed by atoms with Crippen molar-refractivity contribution in [2.75, 3.05) is 39.3 Å². The molecule has 1 saturated heterocycles. The summed E-state index contributed by atoms with van der Waals surface area (Å²) in [6, 6.07) is 8.59. The zero-order chi connectivity index (χ0) is 19.2. The summed E-state index contributed by atoms with van der Waals surface area (Å²) in [4.78, 5) is 20.2. The van der Waals surface area contributed by atoms with Crippen LogP contribution in [0.5, 0.6) is 0 Å². The summed E-state index contributed by atoms with van der Waals surface area (Å²) >= 11 is 0.